The van der Waals surface area contributed by atoms with Crippen molar-refractivity contribution in [3.05, 3.63) is 52.4 Å². The number of esters is 1. The van der Waals surface area contributed by atoms with E-state index in [0.717, 1.165) is 55.5 Å². The third kappa shape index (κ3) is 3.83. The van der Waals surface area contributed by atoms with Gasteiger partial charge in [0.2, 0.25) is 0 Å². The zero-order valence-electron chi connectivity index (χ0n) is 17.3. The fraction of sp³-hybridized carbons (Fsp3) is 0.500. The van der Waals surface area contributed by atoms with Gasteiger partial charge in [-0.3, -0.25) is 4.79 Å². The van der Waals surface area contributed by atoms with Gasteiger partial charge >= 0.3 is 5.97 Å². The summed E-state index contributed by atoms with van der Waals surface area (Å²) in [5, 5.41) is 3.35. The van der Waals surface area contributed by atoms with Gasteiger partial charge in [-0.05, 0) is 51.5 Å². The minimum absolute atomic E-state index is 0.0349. The monoisotopic (exact) mass is 395 g/mol. The summed E-state index contributed by atoms with van der Waals surface area (Å²) in [6.45, 7) is 1.91. The number of ether oxygens (including phenoxy) is 2. The van der Waals surface area contributed by atoms with E-state index in [2.05, 4.69) is 5.32 Å². The molecule has 2 aliphatic carbocycles. The fourth-order valence-electron chi connectivity index (χ4n) is 4.87. The second-order valence-electron chi connectivity index (χ2n) is 8.17. The molecule has 4 rings (SSSR count). The van der Waals surface area contributed by atoms with Gasteiger partial charge in [0.25, 0.3) is 0 Å². The molecule has 1 unspecified atom stereocenters. The first kappa shape index (κ1) is 19.7. The highest BCUT2D eigenvalue weighted by Crippen LogP contribution is 2.45. The number of carbonyl (C=O) groups is 2. The average molecular weight is 395 g/mol. The molecule has 5 nitrogen and oxygen atoms in total. The van der Waals surface area contributed by atoms with Crippen molar-refractivity contribution >= 4 is 11.8 Å². The molecule has 1 aromatic carbocycles. The third-order valence-corrected chi connectivity index (χ3v) is 6.27. The van der Waals surface area contributed by atoms with Crippen LogP contribution in [0.25, 0.3) is 0 Å². The van der Waals surface area contributed by atoms with Gasteiger partial charge in [-0.1, -0.05) is 24.6 Å². The van der Waals surface area contributed by atoms with Crippen LogP contribution in [0.2, 0.25) is 0 Å². The predicted molar refractivity (Wildman–Crippen MR) is 110 cm³/mol. The van der Waals surface area contributed by atoms with E-state index in [1.54, 1.807) is 7.11 Å². The van der Waals surface area contributed by atoms with Crippen LogP contribution in [-0.2, 0) is 14.3 Å². The lowest BCUT2D eigenvalue weighted by Gasteiger charge is -2.35. The summed E-state index contributed by atoms with van der Waals surface area (Å²) in [6.07, 6.45) is 7.34. The Labute approximate surface area is 172 Å². The zero-order valence-corrected chi connectivity index (χ0v) is 17.3. The number of dihydropyridines is 1. The van der Waals surface area contributed by atoms with Crippen molar-refractivity contribution in [1.82, 2.24) is 5.32 Å². The average Bonchev–Trinajstić information content (AvgIpc) is 2.73. The maximum atomic E-state index is 13.3. The molecule has 1 aromatic rings. The number of ketones is 1. The van der Waals surface area contributed by atoms with Crippen LogP contribution in [0.1, 0.15) is 69.8 Å². The Balaban J connectivity index is 1.77. The molecule has 1 atom stereocenters. The predicted octanol–water partition coefficient (Wildman–Crippen LogP) is 4.54. The molecule has 0 spiro atoms. The quantitative estimate of drug-likeness (QED) is 0.759. The Hall–Kier alpha value is -2.56. The van der Waals surface area contributed by atoms with Crippen LogP contribution in [0, 0.1) is 0 Å². The van der Waals surface area contributed by atoms with Gasteiger partial charge in [0.1, 0.15) is 11.9 Å². The van der Waals surface area contributed by atoms with E-state index in [9.17, 15) is 9.59 Å². The SMILES string of the molecule is COc1ccccc1C1C(C(=O)OC2CCCCC2)=C(C)NC2=C1C(=O)CCC2. The first-order chi connectivity index (χ1) is 14.1. The van der Waals surface area contributed by atoms with Crippen molar-refractivity contribution in [3.63, 3.8) is 0 Å². The lowest BCUT2D eigenvalue weighted by molar-refractivity contribution is -0.146. The summed E-state index contributed by atoms with van der Waals surface area (Å²) in [6, 6.07) is 7.65. The van der Waals surface area contributed by atoms with Crippen LogP contribution in [0.4, 0.5) is 0 Å². The van der Waals surface area contributed by atoms with E-state index in [1.807, 2.05) is 31.2 Å². The van der Waals surface area contributed by atoms with Crippen LogP contribution in [0.5, 0.6) is 5.75 Å². The van der Waals surface area contributed by atoms with E-state index in [0.29, 0.717) is 23.3 Å². The van der Waals surface area contributed by atoms with Crippen LogP contribution >= 0.6 is 0 Å². The van der Waals surface area contributed by atoms with Gasteiger partial charge in [0.05, 0.1) is 18.6 Å². The Bertz CT molecular complexity index is 877. The van der Waals surface area contributed by atoms with Crippen molar-refractivity contribution < 1.29 is 19.1 Å². The van der Waals surface area contributed by atoms with E-state index in [1.165, 1.54) is 6.42 Å². The largest absolute Gasteiger partial charge is 0.496 e. The highest BCUT2D eigenvalue weighted by Gasteiger charge is 2.40. The molecule has 1 aliphatic heterocycles. The van der Waals surface area contributed by atoms with Crippen LogP contribution in [0.15, 0.2) is 46.8 Å². The van der Waals surface area contributed by atoms with Gasteiger partial charge in [-0.15, -0.1) is 0 Å². The number of hydrogen-bond donors (Lipinski definition) is 1. The normalized spacial score (nSPS) is 22.8. The molecule has 1 saturated carbocycles. The van der Waals surface area contributed by atoms with E-state index in [4.69, 9.17) is 9.47 Å². The molecule has 1 fully saturated rings. The van der Waals surface area contributed by atoms with Crippen LogP contribution < -0.4 is 10.1 Å². The topological polar surface area (TPSA) is 64.6 Å². The Kier molecular flexibility index (Phi) is 5.74. The lowest BCUT2D eigenvalue weighted by Crippen LogP contribution is -2.35. The van der Waals surface area contributed by atoms with Crippen molar-refractivity contribution in [3.8, 4) is 5.75 Å². The van der Waals surface area contributed by atoms with Crippen molar-refractivity contribution in [2.45, 2.75) is 70.3 Å². The van der Waals surface area contributed by atoms with E-state index < -0.39 is 5.92 Å². The molecule has 3 aliphatic rings. The molecule has 0 aromatic heterocycles. The number of carbonyl (C=O) groups excluding carboxylic acids is 2. The molecule has 0 radical (unpaired) electrons. The number of Topliss-reactive ketones (excluding diaryl/α,β-unsaturated/α-hetero) is 1. The highest BCUT2D eigenvalue weighted by molar-refractivity contribution is 6.04. The lowest BCUT2D eigenvalue weighted by atomic mass is 9.75. The first-order valence-electron chi connectivity index (χ1n) is 10.7. The van der Waals surface area contributed by atoms with Crippen LogP contribution in [-0.4, -0.2) is 25.0 Å². The molecule has 1 N–H and O–H groups in total. The summed E-state index contributed by atoms with van der Waals surface area (Å²) < 4.78 is 11.5. The molecular formula is C24H29NO4. The molecule has 0 amide bonds. The molecule has 0 bridgehead atoms. The minimum Gasteiger partial charge on any atom is -0.496 e. The van der Waals surface area contributed by atoms with E-state index >= 15 is 0 Å². The standard InChI is InChI=1S/C24H29NO4/c1-15-21(24(27)29-16-9-4-3-5-10-16)22(17-11-6-7-14-20(17)28-2)23-18(25-15)12-8-13-19(23)26/h6-7,11,14,16,22,25H,3-5,8-10,12-13H2,1-2H3. The van der Waals surface area contributed by atoms with Gasteiger partial charge < -0.3 is 14.8 Å². The zero-order chi connectivity index (χ0) is 20.4. The maximum absolute atomic E-state index is 13.3. The van der Waals surface area contributed by atoms with Gasteiger partial charge in [-0.2, -0.15) is 0 Å². The summed E-state index contributed by atoms with van der Waals surface area (Å²) in [7, 11) is 1.62. The van der Waals surface area contributed by atoms with Crippen LogP contribution in [0.3, 0.4) is 0 Å². The Morgan fingerprint density at radius 1 is 1.07 bits per heavy atom. The van der Waals surface area contributed by atoms with Crippen molar-refractivity contribution in [1.29, 1.82) is 0 Å². The minimum atomic E-state index is -0.453. The molecule has 154 valence electrons. The maximum Gasteiger partial charge on any atom is 0.337 e. The molecule has 29 heavy (non-hydrogen) atoms. The van der Waals surface area contributed by atoms with E-state index in [-0.39, 0.29) is 17.9 Å². The smallest absolute Gasteiger partial charge is 0.337 e. The third-order valence-electron chi connectivity index (χ3n) is 6.27. The number of rotatable bonds is 4. The molecule has 0 saturated heterocycles. The summed E-state index contributed by atoms with van der Waals surface area (Å²) >= 11 is 0. The number of benzene rings is 1. The second-order valence-corrected chi connectivity index (χ2v) is 8.17. The van der Waals surface area contributed by atoms with Gasteiger partial charge in [0, 0.05) is 29.0 Å². The molecule has 1 heterocycles. The fourth-order valence-corrected chi connectivity index (χ4v) is 4.87. The van der Waals surface area contributed by atoms with Gasteiger partial charge in [0.15, 0.2) is 5.78 Å². The first-order valence-corrected chi connectivity index (χ1v) is 10.7. The molecule has 5 heteroatoms. The Morgan fingerprint density at radius 3 is 2.59 bits per heavy atom. The number of para-hydroxylation sites is 1. The summed E-state index contributed by atoms with van der Waals surface area (Å²) in [5.74, 6) is 0.0135. The number of allylic oxidation sites excluding steroid dienone is 3. The number of hydrogen-bond acceptors (Lipinski definition) is 5. The number of methoxy groups -OCH3 is 1. The van der Waals surface area contributed by atoms with Crippen molar-refractivity contribution in [2.75, 3.05) is 7.11 Å². The number of nitrogens with one attached hydrogen (secondary N) is 1. The summed E-state index contributed by atoms with van der Waals surface area (Å²) in [5.41, 5.74) is 3.78. The Morgan fingerprint density at radius 2 is 1.83 bits per heavy atom. The molecular weight excluding hydrogens is 366 g/mol. The van der Waals surface area contributed by atoms with Crippen molar-refractivity contribution in [2.24, 2.45) is 0 Å². The highest BCUT2D eigenvalue weighted by atomic mass is 16.5. The van der Waals surface area contributed by atoms with Gasteiger partial charge in [-0.25, -0.2) is 4.79 Å². The summed E-state index contributed by atoms with van der Waals surface area (Å²) in [4.78, 5) is 26.3. The second kappa shape index (κ2) is 8.44.